The molecule has 0 spiro atoms. The van der Waals surface area contributed by atoms with E-state index < -0.39 is 5.82 Å². The standard InChI is InChI=1S/C17H15FN4O/c1-12(23)17-14(18)8-5-9-15(17)19-10-16-21-20-11-22(16)13-6-3-2-4-7-13/h2-9,11,19H,10H2,1H3. The molecule has 1 N–H and O–H groups in total. The van der Waals surface area contributed by atoms with Gasteiger partial charge in [0.25, 0.3) is 0 Å². The van der Waals surface area contributed by atoms with Crippen LogP contribution in [0.4, 0.5) is 10.1 Å². The number of halogens is 1. The van der Waals surface area contributed by atoms with E-state index >= 15 is 0 Å². The van der Waals surface area contributed by atoms with Crippen LogP contribution in [0.25, 0.3) is 5.69 Å². The molecule has 0 atom stereocenters. The highest BCUT2D eigenvalue weighted by Gasteiger charge is 2.13. The first kappa shape index (κ1) is 14.9. The molecule has 0 unspecified atom stereocenters. The summed E-state index contributed by atoms with van der Waals surface area (Å²) in [7, 11) is 0. The normalized spacial score (nSPS) is 10.5. The molecule has 23 heavy (non-hydrogen) atoms. The number of para-hydroxylation sites is 1. The summed E-state index contributed by atoms with van der Waals surface area (Å²) < 4.78 is 15.6. The number of Topliss-reactive ketones (excluding diaryl/α,β-unsaturated/α-hetero) is 1. The maximum absolute atomic E-state index is 13.8. The molecule has 0 bridgehead atoms. The summed E-state index contributed by atoms with van der Waals surface area (Å²) in [6.07, 6.45) is 1.61. The fourth-order valence-corrected chi connectivity index (χ4v) is 2.39. The highest BCUT2D eigenvalue weighted by atomic mass is 19.1. The van der Waals surface area contributed by atoms with Gasteiger partial charge in [-0.3, -0.25) is 9.36 Å². The van der Waals surface area contributed by atoms with Gasteiger partial charge in [0.05, 0.1) is 12.1 Å². The van der Waals surface area contributed by atoms with Crippen molar-refractivity contribution in [2.24, 2.45) is 0 Å². The molecule has 116 valence electrons. The lowest BCUT2D eigenvalue weighted by atomic mass is 10.1. The van der Waals surface area contributed by atoms with Crippen LogP contribution in [0, 0.1) is 5.82 Å². The van der Waals surface area contributed by atoms with Gasteiger partial charge in [0, 0.05) is 11.4 Å². The zero-order chi connectivity index (χ0) is 16.2. The zero-order valence-electron chi connectivity index (χ0n) is 12.5. The van der Waals surface area contributed by atoms with Gasteiger partial charge in [0.15, 0.2) is 11.6 Å². The number of carbonyl (C=O) groups is 1. The topological polar surface area (TPSA) is 59.8 Å². The summed E-state index contributed by atoms with van der Waals surface area (Å²) in [5.74, 6) is -0.197. The molecule has 3 aromatic rings. The lowest BCUT2D eigenvalue weighted by Gasteiger charge is -2.11. The second-order valence-electron chi connectivity index (χ2n) is 5.02. The third-order valence-electron chi connectivity index (χ3n) is 3.46. The second kappa shape index (κ2) is 6.39. The van der Waals surface area contributed by atoms with E-state index in [0.717, 1.165) is 5.69 Å². The van der Waals surface area contributed by atoms with Gasteiger partial charge in [0.2, 0.25) is 0 Å². The summed E-state index contributed by atoms with van der Waals surface area (Å²) in [6.45, 7) is 1.66. The smallest absolute Gasteiger partial charge is 0.164 e. The van der Waals surface area contributed by atoms with E-state index in [4.69, 9.17) is 0 Å². The number of nitrogens with zero attached hydrogens (tertiary/aromatic N) is 3. The van der Waals surface area contributed by atoms with Crippen molar-refractivity contribution in [3.63, 3.8) is 0 Å². The largest absolute Gasteiger partial charge is 0.377 e. The quantitative estimate of drug-likeness (QED) is 0.735. The fraction of sp³-hybridized carbons (Fsp3) is 0.118. The number of hydrogen-bond acceptors (Lipinski definition) is 4. The molecule has 0 aliphatic carbocycles. The molecular weight excluding hydrogens is 295 g/mol. The average Bonchev–Trinajstić information content (AvgIpc) is 3.02. The summed E-state index contributed by atoms with van der Waals surface area (Å²) in [4.78, 5) is 11.6. The first-order valence-corrected chi connectivity index (χ1v) is 7.14. The molecule has 2 aromatic carbocycles. The predicted molar refractivity (Wildman–Crippen MR) is 85.1 cm³/mol. The van der Waals surface area contributed by atoms with Crippen molar-refractivity contribution in [3.8, 4) is 5.69 Å². The third kappa shape index (κ3) is 3.11. The van der Waals surface area contributed by atoms with Crippen molar-refractivity contribution in [2.75, 3.05) is 5.32 Å². The lowest BCUT2D eigenvalue weighted by Crippen LogP contribution is -2.10. The number of hydrogen-bond donors (Lipinski definition) is 1. The van der Waals surface area contributed by atoms with Crippen molar-refractivity contribution in [2.45, 2.75) is 13.5 Å². The van der Waals surface area contributed by atoms with Crippen LogP contribution in [-0.2, 0) is 6.54 Å². The van der Waals surface area contributed by atoms with Gasteiger partial charge in [-0.25, -0.2) is 4.39 Å². The predicted octanol–water partition coefficient (Wildman–Crippen LogP) is 3.22. The summed E-state index contributed by atoms with van der Waals surface area (Å²) >= 11 is 0. The number of aromatic nitrogens is 3. The monoisotopic (exact) mass is 310 g/mol. The Morgan fingerprint density at radius 1 is 1.17 bits per heavy atom. The minimum absolute atomic E-state index is 0.0540. The van der Waals surface area contributed by atoms with Gasteiger partial charge in [-0.15, -0.1) is 10.2 Å². The molecule has 0 radical (unpaired) electrons. The number of benzene rings is 2. The minimum atomic E-state index is -0.535. The molecule has 3 rings (SSSR count). The maximum Gasteiger partial charge on any atom is 0.164 e. The molecule has 0 fully saturated rings. The van der Waals surface area contributed by atoms with Crippen LogP contribution in [0.5, 0.6) is 0 Å². The Balaban J connectivity index is 1.85. The Morgan fingerprint density at radius 2 is 1.96 bits per heavy atom. The highest BCUT2D eigenvalue weighted by molar-refractivity contribution is 5.99. The zero-order valence-corrected chi connectivity index (χ0v) is 12.5. The van der Waals surface area contributed by atoms with Gasteiger partial charge >= 0.3 is 0 Å². The fourth-order valence-electron chi connectivity index (χ4n) is 2.39. The molecule has 0 saturated heterocycles. The molecule has 0 saturated carbocycles. The number of rotatable bonds is 5. The number of nitrogens with one attached hydrogen (secondary N) is 1. The molecule has 1 aromatic heterocycles. The maximum atomic E-state index is 13.8. The molecule has 0 amide bonds. The van der Waals surface area contributed by atoms with E-state index in [0.29, 0.717) is 18.1 Å². The molecule has 5 nitrogen and oxygen atoms in total. The SMILES string of the molecule is CC(=O)c1c(F)cccc1NCc1nncn1-c1ccccc1. The van der Waals surface area contributed by atoms with Gasteiger partial charge in [-0.2, -0.15) is 0 Å². The van der Waals surface area contributed by atoms with Crippen LogP contribution in [0.15, 0.2) is 54.9 Å². The number of ketones is 1. The number of carbonyl (C=O) groups excluding carboxylic acids is 1. The second-order valence-corrected chi connectivity index (χ2v) is 5.02. The van der Waals surface area contributed by atoms with Crippen LogP contribution in [0.3, 0.4) is 0 Å². The average molecular weight is 310 g/mol. The van der Waals surface area contributed by atoms with Crippen molar-refractivity contribution >= 4 is 11.5 Å². The van der Waals surface area contributed by atoms with E-state index in [2.05, 4.69) is 15.5 Å². The Labute approximate surface area is 132 Å². The van der Waals surface area contributed by atoms with Crippen LogP contribution in [0.2, 0.25) is 0 Å². The molecule has 0 aliphatic rings. The van der Waals surface area contributed by atoms with E-state index in [9.17, 15) is 9.18 Å². The molecular formula is C17H15FN4O. The Hall–Kier alpha value is -3.02. The molecule has 6 heteroatoms. The Kier molecular flexibility index (Phi) is 4.14. The Morgan fingerprint density at radius 3 is 2.70 bits per heavy atom. The van der Waals surface area contributed by atoms with Crippen molar-refractivity contribution in [1.82, 2.24) is 14.8 Å². The van der Waals surface area contributed by atoms with E-state index in [1.165, 1.54) is 13.0 Å². The van der Waals surface area contributed by atoms with E-state index in [-0.39, 0.29) is 11.3 Å². The van der Waals surface area contributed by atoms with Gasteiger partial charge in [-0.05, 0) is 31.2 Å². The summed E-state index contributed by atoms with van der Waals surface area (Å²) in [5.41, 5.74) is 1.43. The van der Waals surface area contributed by atoms with Crippen molar-refractivity contribution < 1.29 is 9.18 Å². The van der Waals surface area contributed by atoms with Crippen molar-refractivity contribution in [3.05, 3.63) is 72.1 Å². The van der Waals surface area contributed by atoms with Crippen LogP contribution < -0.4 is 5.32 Å². The highest BCUT2D eigenvalue weighted by Crippen LogP contribution is 2.20. The van der Waals surface area contributed by atoms with Crippen molar-refractivity contribution in [1.29, 1.82) is 0 Å². The first-order valence-electron chi connectivity index (χ1n) is 7.14. The van der Waals surface area contributed by atoms with Gasteiger partial charge in [0.1, 0.15) is 12.1 Å². The van der Waals surface area contributed by atoms with E-state index in [1.54, 1.807) is 18.5 Å². The summed E-state index contributed by atoms with van der Waals surface area (Å²) in [6, 6.07) is 14.2. The Bertz CT molecular complexity index is 830. The minimum Gasteiger partial charge on any atom is -0.377 e. The van der Waals surface area contributed by atoms with E-state index in [1.807, 2.05) is 34.9 Å². The van der Waals surface area contributed by atoms with Crippen LogP contribution in [-0.4, -0.2) is 20.5 Å². The summed E-state index contributed by atoms with van der Waals surface area (Å²) in [5, 5.41) is 11.1. The van der Waals surface area contributed by atoms with Crippen LogP contribution >= 0.6 is 0 Å². The van der Waals surface area contributed by atoms with Gasteiger partial charge < -0.3 is 5.32 Å². The third-order valence-corrected chi connectivity index (χ3v) is 3.46. The first-order chi connectivity index (χ1) is 11.2. The molecule has 1 heterocycles. The van der Waals surface area contributed by atoms with Gasteiger partial charge in [-0.1, -0.05) is 24.3 Å². The lowest BCUT2D eigenvalue weighted by molar-refractivity contribution is 0.101. The number of anilines is 1. The van der Waals surface area contributed by atoms with Crippen LogP contribution in [0.1, 0.15) is 23.1 Å². The molecule has 0 aliphatic heterocycles.